The number of rotatable bonds is 3. The Bertz CT molecular complexity index is 1440. The number of benzene rings is 3. The minimum atomic E-state index is 0. The molecule has 4 heteroatoms. The Hall–Kier alpha value is -4.24. The van der Waals surface area contributed by atoms with Crippen molar-refractivity contribution < 1.29 is 24.2 Å². The van der Waals surface area contributed by atoms with Crippen LogP contribution in [0.25, 0.3) is 33.8 Å². The molecule has 0 aliphatic carbocycles. The van der Waals surface area contributed by atoms with E-state index in [0.717, 1.165) is 50.5 Å². The van der Waals surface area contributed by atoms with Crippen molar-refractivity contribution in [3.05, 3.63) is 163 Å². The van der Waals surface area contributed by atoms with Crippen LogP contribution in [0.3, 0.4) is 0 Å². The first kappa shape index (κ1) is 26.0. The standard InChI is InChI=1S/3C12H11N.Ir/c3*1-10-6-5-9-13-12(10)11-7-3-2-4-8-11;/h3*2-9H,1H3;/q;;;+3/i3*1D;. The van der Waals surface area contributed by atoms with Crippen molar-refractivity contribution in [3.63, 3.8) is 0 Å². The van der Waals surface area contributed by atoms with Gasteiger partial charge in [0.1, 0.15) is 0 Å². The maximum absolute atomic E-state index is 7.39. The van der Waals surface area contributed by atoms with Gasteiger partial charge in [0, 0.05) is 39.4 Å². The minimum absolute atomic E-state index is 0. The molecule has 0 amide bonds. The van der Waals surface area contributed by atoms with Crippen LogP contribution in [-0.4, -0.2) is 15.0 Å². The first-order chi connectivity index (χ1) is 20.7. The van der Waals surface area contributed by atoms with Crippen molar-refractivity contribution in [2.24, 2.45) is 0 Å². The summed E-state index contributed by atoms with van der Waals surface area (Å²) in [6.45, 7) is 0.828. The van der Waals surface area contributed by atoms with Crippen LogP contribution in [0.5, 0.6) is 0 Å². The van der Waals surface area contributed by atoms with E-state index in [1.165, 1.54) is 0 Å². The summed E-state index contributed by atoms with van der Waals surface area (Å²) in [6, 6.07) is 41.4. The van der Waals surface area contributed by atoms with Gasteiger partial charge in [-0.25, -0.2) is 0 Å². The Morgan fingerprint density at radius 2 is 0.650 bits per heavy atom. The van der Waals surface area contributed by atoms with E-state index < -0.39 is 0 Å². The molecule has 198 valence electrons. The molecule has 0 N–H and O–H groups in total. The second-order valence-corrected chi connectivity index (χ2v) is 8.63. The first-order valence-corrected chi connectivity index (χ1v) is 12.6. The molecule has 3 aromatic carbocycles. The van der Waals surface area contributed by atoms with Crippen LogP contribution in [0.2, 0.25) is 0 Å². The van der Waals surface area contributed by atoms with Crippen LogP contribution in [0, 0.1) is 20.7 Å². The van der Waals surface area contributed by atoms with Crippen LogP contribution >= 0.6 is 0 Å². The summed E-state index contributed by atoms with van der Waals surface area (Å²) in [4.78, 5) is 12.9. The average Bonchev–Trinajstić information content (AvgIpc) is 3.10. The fourth-order valence-corrected chi connectivity index (χ4v) is 3.88. The Kier molecular flexibility index (Phi) is 10.4. The van der Waals surface area contributed by atoms with Gasteiger partial charge in [0.05, 0.1) is 17.1 Å². The van der Waals surface area contributed by atoms with Gasteiger partial charge in [-0.3, -0.25) is 15.0 Å². The Morgan fingerprint density at radius 3 is 0.900 bits per heavy atom. The fraction of sp³-hybridized carbons (Fsp3) is 0.0833. The van der Waals surface area contributed by atoms with Gasteiger partial charge in [-0.2, -0.15) is 0 Å². The molecule has 0 aliphatic heterocycles. The summed E-state index contributed by atoms with van der Waals surface area (Å²) in [5, 5.41) is 0. The third-order valence-corrected chi connectivity index (χ3v) is 5.82. The molecule has 0 fully saturated rings. The minimum Gasteiger partial charge on any atom is -0.256 e. The smallest absolute Gasteiger partial charge is 0.256 e. The van der Waals surface area contributed by atoms with E-state index in [0.29, 0.717) is 0 Å². The van der Waals surface area contributed by atoms with Crippen LogP contribution in [0.1, 0.15) is 20.8 Å². The molecule has 0 aliphatic rings. The van der Waals surface area contributed by atoms with Crippen molar-refractivity contribution in [2.45, 2.75) is 20.7 Å². The zero-order valence-corrected chi connectivity index (χ0v) is 24.5. The van der Waals surface area contributed by atoms with E-state index in [1.807, 2.05) is 127 Å². The van der Waals surface area contributed by atoms with Crippen LogP contribution in [0.4, 0.5) is 0 Å². The van der Waals surface area contributed by atoms with Gasteiger partial charge in [0.2, 0.25) is 0 Å². The van der Waals surface area contributed by atoms with Crippen LogP contribution in [0.15, 0.2) is 146 Å². The molecule has 3 heterocycles. The van der Waals surface area contributed by atoms with Crippen molar-refractivity contribution in [1.82, 2.24) is 15.0 Å². The quantitative estimate of drug-likeness (QED) is 0.185. The van der Waals surface area contributed by atoms with Crippen molar-refractivity contribution in [2.75, 3.05) is 0 Å². The Balaban J connectivity index is 0.000000175. The van der Waals surface area contributed by atoms with Gasteiger partial charge in [0.15, 0.2) is 0 Å². The van der Waals surface area contributed by atoms with Crippen LogP contribution in [-0.2, 0) is 20.1 Å². The molecule has 0 saturated heterocycles. The maximum atomic E-state index is 7.39. The van der Waals surface area contributed by atoms with Gasteiger partial charge in [-0.1, -0.05) is 109 Å². The number of pyridine rings is 3. The van der Waals surface area contributed by atoms with Gasteiger partial charge in [-0.15, -0.1) is 0 Å². The predicted octanol–water partition coefficient (Wildman–Crippen LogP) is 9.17. The molecule has 0 bridgehead atoms. The molecule has 0 spiro atoms. The maximum Gasteiger partial charge on any atom is 3.00 e. The average molecular weight is 703 g/mol. The number of aromatic nitrogens is 3. The number of hydrogen-bond donors (Lipinski definition) is 0. The monoisotopic (exact) mass is 703 g/mol. The molecule has 0 saturated carbocycles. The fourth-order valence-electron chi connectivity index (χ4n) is 3.88. The molecule has 6 aromatic rings. The summed E-state index contributed by atoms with van der Waals surface area (Å²) in [6.07, 6.45) is 5.30. The van der Waals surface area contributed by atoms with Crippen molar-refractivity contribution >= 4 is 0 Å². The summed E-state index contributed by atoms with van der Waals surface area (Å²) < 4.78 is 22.2. The van der Waals surface area contributed by atoms with E-state index in [2.05, 4.69) is 15.0 Å². The van der Waals surface area contributed by atoms with Gasteiger partial charge >= 0.3 is 20.1 Å². The number of nitrogens with zero attached hydrogens (tertiary/aromatic N) is 3. The van der Waals surface area contributed by atoms with Crippen LogP contribution < -0.4 is 0 Å². The molecule has 0 unspecified atom stereocenters. The van der Waals surface area contributed by atoms with E-state index in [4.69, 9.17) is 4.11 Å². The number of aryl methyl sites for hydroxylation is 3. The third-order valence-electron chi connectivity index (χ3n) is 5.82. The van der Waals surface area contributed by atoms with Crippen molar-refractivity contribution in [3.8, 4) is 33.8 Å². The normalized spacial score (nSPS) is 10.7. The second-order valence-electron chi connectivity index (χ2n) is 8.63. The largest absolute Gasteiger partial charge is 3.00 e. The second kappa shape index (κ2) is 16.0. The predicted molar refractivity (Wildman–Crippen MR) is 163 cm³/mol. The summed E-state index contributed by atoms with van der Waals surface area (Å²) >= 11 is 0. The Morgan fingerprint density at radius 1 is 0.375 bits per heavy atom. The molecule has 6 rings (SSSR count). The molecule has 40 heavy (non-hydrogen) atoms. The number of hydrogen-bond acceptors (Lipinski definition) is 3. The molecular formula is C36H33IrN3+3. The molecule has 3 aromatic heterocycles. The first-order valence-electron chi connectivity index (χ1n) is 14.7. The summed E-state index contributed by atoms with van der Waals surface area (Å²) in [7, 11) is 0. The topological polar surface area (TPSA) is 38.7 Å². The molecule has 0 radical (unpaired) electrons. The van der Waals surface area contributed by atoms with E-state index in [9.17, 15) is 0 Å². The molecule has 0 atom stereocenters. The zero-order valence-electron chi connectivity index (χ0n) is 25.2. The zero-order chi connectivity index (χ0) is 29.4. The van der Waals surface area contributed by atoms with E-state index in [1.54, 1.807) is 18.6 Å². The van der Waals surface area contributed by atoms with Gasteiger partial charge in [0.25, 0.3) is 0 Å². The Labute approximate surface area is 255 Å². The SMILES string of the molecule is [2H]Cc1cccnc1-c1ccccc1.[2H]Cc1cccnc1-c1ccccc1.[2H]Cc1cccnc1-c1ccccc1.[Ir+3]. The molecular weight excluding hydrogens is 667 g/mol. The third kappa shape index (κ3) is 8.64. The van der Waals surface area contributed by atoms with Gasteiger partial charge < -0.3 is 0 Å². The van der Waals surface area contributed by atoms with Gasteiger partial charge in [-0.05, 0) is 55.6 Å². The molecule has 3 nitrogen and oxygen atoms in total. The van der Waals surface area contributed by atoms with Crippen molar-refractivity contribution in [1.29, 1.82) is 0 Å². The summed E-state index contributed by atoms with van der Waals surface area (Å²) in [5.74, 6) is 0. The van der Waals surface area contributed by atoms with E-state index >= 15 is 0 Å². The summed E-state index contributed by atoms with van der Waals surface area (Å²) in [5.41, 5.74) is 8.91. The van der Waals surface area contributed by atoms with E-state index in [-0.39, 0.29) is 40.8 Å².